The van der Waals surface area contributed by atoms with Crippen molar-refractivity contribution in [1.29, 1.82) is 0 Å². The lowest BCUT2D eigenvalue weighted by Crippen LogP contribution is -1.99. The van der Waals surface area contributed by atoms with E-state index in [1.54, 1.807) is 12.1 Å². The third-order valence-corrected chi connectivity index (χ3v) is 4.25. The minimum absolute atomic E-state index is 0. The molecule has 0 bridgehead atoms. The molecule has 1 unspecified atom stereocenters. The van der Waals surface area contributed by atoms with Gasteiger partial charge in [-0.2, -0.15) is 0 Å². The monoisotopic (exact) mass is 233 g/mol. The van der Waals surface area contributed by atoms with Gasteiger partial charge in [-0.15, -0.1) is 0 Å². The van der Waals surface area contributed by atoms with Crippen LogP contribution in [0.1, 0.15) is 7.43 Å². The summed E-state index contributed by atoms with van der Waals surface area (Å²) in [6.07, 6.45) is 2.20. The molecule has 0 fully saturated rings. The first-order valence-electron chi connectivity index (χ1n) is 4.77. The lowest BCUT2D eigenvalue weighted by Gasteiger charge is -2.01. The normalized spacial score (nSPS) is 11.6. The van der Waals surface area contributed by atoms with Gasteiger partial charge in [0.15, 0.2) is 9.79 Å². The van der Waals surface area contributed by atoms with Crippen LogP contribution < -0.4 is 0 Å². The molecule has 1 atom stereocenters. The summed E-state index contributed by atoms with van der Waals surface area (Å²) in [5.74, 6) is 0.323. The van der Waals surface area contributed by atoms with Crippen LogP contribution in [0.2, 0.25) is 0 Å². The fraction of sp³-hybridized carbons (Fsp3) is 0.143. The van der Waals surface area contributed by atoms with Gasteiger partial charge in [0.05, 0.1) is 10.9 Å². The molecule has 0 saturated heterocycles. The number of phenolic OH excluding ortho intramolecular Hbond substituents is 1. The molecule has 0 aliphatic heterocycles. The SMILES string of the molecule is C.C[S+](c1ccccc1)c1ccc(O)cc1. The molecule has 2 aromatic carbocycles. The Labute approximate surface area is 100 Å². The minimum Gasteiger partial charge on any atom is -0.508 e. The molecule has 0 heterocycles. The van der Waals surface area contributed by atoms with Crippen molar-refractivity contribution in [1.82, 2.24) is 0 Å². The lowest BCUT2D eigenvalue weighted by molar-refractivity contribution is 0.475. The first kappa shape index (κ1) is 12.7. The highest BCUT2D eigenvalue weighted by molar-refractivity contribution is 7.96. The average molecular weight is 233 g/mol. The fourth-order valence-corrected chi connectivity index (χ4v) is 2.79. The summed E-state index contributed by atoms with van der Waals surface area (Å²) in [5, 5.41) is 9.21. The average Bonchev–Trinajstić information content (AvgIpc) is 2.30. The van der Waals surface area contributed by atoms with Crippen LogP contribution in [0.15, 0.2) is 64.4 Å². The number of benzene rings is 2. The summed E-state index contributed by atoms with van der Waals surface area (Å²) < 4.78 is 0. The molecule has 2 aromatic rings. The van der Waals surface area contributed by atoms with Crippen LogP contribution >= 0.6 is 0 Å². The number of rotatable bonds is 2. The van der Waals surface area contributed by atoms with Gasteiger partial charge >= 0.3 is 0 Å². The molecule has 1 N–H and O–H groups in total. The summed E-state index contributed by atoms with van der Waals surface area (Å²) in [7, 11) is 0.0838. The molecule has 0 saturated carbocycles. The zero-order chi connectivity index (χ0) is 10.7. The van der Waals surface area contributed by atoms with Gasteiger partial charge in [-0.05, 0) is 36.4 Å². The van der Waals surface area contributed by atoms with Crippen LogP contribution in [0, 0.1) is 0 Å². The number of hydrogen-bond acceptors (Lipinski definition) is 1. The summed E-state index contributed by atoms with van der Waals surface area (Å²) in [6, 6.07) is 17.8. The van der Waals surface area contributed by atoms with Gasteiger partial charge in [0, 0.05) is 0 Å². The molecule has 1 nitrogen and oxygen atoms in total. The third-order valence-electron chi connectivity index (χ3n) is 2.29. The Morgan fingerprint density at radius 3 is 1.88 bits per heavy atom. The van der Waals surface area contributed by atoms with E-state index in [9.17, 15) is 5.11 Å². The summed E-state index contributed by atoms with van der Waals surface area (Å²) in [5.41, 5.74) is 0. The van der Waals surface area contributed by atoms with E-state index in [0.717, 1.165) is 0 Å². The van der Waals surface area contributed by atoms with Gasteiger partial charge in [-0.3, -0.25) is 0 Å². The molecular weight excluding hydrogens is 216 g/mol. The summed E-state index contributed by atoms with van der Waals surface area (Å²) in [6.45, 7) is 0. The molecule has 0 aliphatic rings. The zero-order valence-electron chi connectivity index (χ0n) is 8.55. The van der Waals surface area contributed by atoms with E-state index >= 15 is 0 Å². The standard InChI is InChI=1S/C13H12OS.CH4/c1-15(12-5-3-2-4-6-12)13-9-7-11(14)8-10-13;/h2-10H,1H3;1H4/p+1. The number of hydrogen-bond donors (Lipinski definition) is 1. The van der Waals surface area contributed by atoms with Crippen molar-refractivity contribution in [3.63, 3.8) is 0 Å². The molecule has 16 heavy (non-hydrogen) atoms. The van der Waals surface area contributed by atoms with Gasteiger partial charge in [0.2, 0.25) is 0 Å². The zero-order valence-corrected chi connectivity index (χ0v) is 9.37. The summed E-state index contributed by atoms with van der Waals surface area (Å²) in [4.78, 5) is 2.57. The lowest BCUT2D eigenvalue weighted by atomic mass is 10.3. The predicted molar refractivity (Wildman–Crippen MR) is 71.1 cm³/mol. The quantitative estimate of drug-likeness (QED) is 0.784. The van der Waals surface area contributed by atoms with Crippen molar-refractivity contribution in [2.75, 3.05) is 6.26 Å². The highest BCUT2D eigenvalue weighted by Crippen LogP contribution is 2.22. The van der Waals surface area contributed by atoms with Crippen molar-refractivity contribution in [3.8, 4) is 5.75 Å². The molecule has 0 amide bonds. The van der Waals surface area contributed by atoms with E-state index in [1.165, 1.54) is 9.79 Å². The summed E-state index contributed by atoms with van der Waals surface area (Å²) >= 11 is 0. The second kappa shape index (κ2) is 5.61. The predicted octanol–water partition coefficient (Wildman–Crippen LogP) is 3.69. The minimum atomic E-state index is 0. The second-order valence-electron chi connectivity index (χ2n) is 3.32. The van der Waals surface area contributed by atoms with Crippen LogP contribution in [-0.4, -0.2) is 11.4 Å². The van der Waals surface area contributed by atoms with Gasteiger partial charge < -0.3 is 5.11 Å². The van der Waals surface area contributed by atoms with Gasteiger partial charge in [0.1, 0.15) is 12.0 Å². The van der Waals surface area contributed by atoms with Crippen LogP contribution in [0.25, 0.3) is 0 Å². The topological polar surface area (TPSA) is 20.2 Å². The Morgan fingerprint density at radius 1 is 0.812 bits per heavy atom. The number of aromatic hydroxyl groups is 1. The van der Waals surface area contributed by atoms with Crippen LogP contribution in [-0.2, 0) is 10.9 Å². The van der Waals surface area contributed by atoms with Crippen molar-refractivity contribution >= 4 is 10.9 Å². The van der Waals surface area contributed by atoms with Crippen molar-refractivity contribution in [3.05, 3.63) is 54.6 Å². The Balaban J connectivity index is 0.00000128. The molecule has 84 valence electrons. The van der Waals surface area contributed by atoms with Crippen molar-refractivity contribution in [2.45, 2.75) is 17.2 Å². The van der Waals surface area contributed by atoms with Crippen molar-refractivity contribution < 1.29 is 5.11 Å². The third kappa shape index (κ3) is 2.80. The van der Waals surface area contributed by atoms with Gasteiger partial charge in [0.25, 0.3) is 0 Å². The Morgan fingerprint density at radius 2 is 1.31 bits per heavy atom. The molecule has 0 aromatic heterocycles. The van der Waals surface area contributed by atoms with E-state index in [2.05, 4.69) is 30.5 Å². The molecule has 0 radical (unpaired) electrons. The molecule has 2 heteroatoms. The maximum Gasteiger partial charge on any atom is 0.160 e. The van der Waals surface area contributed by atoms with E-state index in [-0.39, 0.29) is 18.3 Å². The fourth-order valence-electron chi connectivity index (χ4n) is 1.41. The Bertz CT molecular complexity index is 422. The maximum absolute atomic E-state index is 9.21. The van der Waals surface area contributed by atoms with Gasteiger partial charge in [-0.25, -0.2) is 0 Å². The second-order valence-corrected chi connectivity index (χ2v) is 5.28. The Hall–Kier alpha value is -1.41. The smallest absolute Gasteiger partial charge is 0.160 e. The first-order chi connectivity index (χ1) is 7.27. The molecular formula is C14H17OS+. The van der Waals surface area contributed by atoms with Crippen LogP contribution in [0.5, 0.6) is 5.75 Å². The molecule has 0 spiro atoms. The number of phenols is 1. The van der Waals surface area contributed by atoms with E-state index in [0.29, 0.717) is 5.75 Å². The van der Waals surface area contributed by atoms with Crippen LogP contribution in [0.4, 0.5) is 0 Å². The van der Waals surface area contributed by atoms with Crippen LogP contribution in [0.3, 0.4) is 0 Å². The maximum atomic E-state index is 9.21. The van der Waals surface area contributed by atoms with E-state index in [4.69, 9.17) is 0 Å². The van der Waals surface area contributed by atoms with Crippen molar-refractivity contribution in [2.24, 2.45) is 0 Å². The van der Waals surface area contributed by atoms with Gasteiger partial charge in [-0.1, -0.05) is 25.6 Å². The highest BCUT2D eigenvalue weighted by Gasteiger charge is 2.17. The highest BCUT2D eigenvalue weighted by atomic mass is 32.2. The molecule has 2 rings (SSSR count). The van der Waals surface area contributed by atoms with E-state index < -0.39 is 0 Å². The largest absolute Gasteiger partial charge is 0.508 e. The first-order valence-corrected chi connectivity index (χ1v) is 6.41. The Kier molecular flexibility index (Phi) is 4.44. The molecule has 0 aliphatic carbocycles. The van der Waals surface area contributed by atoms with E-state index in [1.807, 2.05) is 18.2 Å².